The maximum Gasteiger partial charge on any atom is 0.337 e. The third-order valence-electron chi connectivity index (χ3n) is 6.03. The highest BCUT2D eigenvalue weighted by Gasteiger charge is 2.24. The van der Waals surface area contributed by atoms with Gasteiger partial charge in [0.15, 0.2) is 0 Å². The Labute approximate surface area is 182 Å². The molecule has 1 amide bonds. The second kappa shape index (κ2) is 9.21. The normalized spacial score (nSPS) is 13.5. The van der Waals surface area contributed by atoms with E-state index in [1.54, 1.807) is 13.2 Å². The molecule has 1 aliphatic rings. The van der Waals surface area contributed by atoms with Crippen LogP contribution in [0.1, 0.15) is 35.2 Å². The lowest BCUT2D eigenvalue weighted by atomic mass is 9.85. The highest BCUT2D eigenvalue weighted by Crippen LogP contribution is 2.31. The van der Waals surface area contributed by atoms with Crippen molar-refractivity contribution in [3.05, 3.63) is 65.7 Å². The van der Waals surface area contributed by atoms with Crippen LogP contribution in [0.15, 0.2) is 54.6 Å². The summed E-state index contributed by atoms with van der Waals surface area (Å²) in [5.41, 5.74) is 3.61. The molecular formula is C26H27NO4. The quantitative estimate of drug-likeness (QED) is 0.563. The lowest BCUT2D eigenvalue weighted by Gasteiger charge is -2.24. The van der Waals surface area contributed by atoms with Gasteiger partial charge in [-0.1, -0.05) is 30.7 Å². The SMILES string of the molecule is COC(=O)c1cccc(-c2cc(CCNC(=O)C3CCC3)c3cc(OC)ccc3c2)c1. The summed E-state index contributed by atoms with van der Waals surface area (Å²) in [4.78, 5) is 24.2. The van der Waals surface area contributed by atoms with Crippen LogP contribution in [-0.2, 0) is 16.0 Å². The Hall–Kier alpha value is -3.34. The van der Waals surface area contributed by atoms with E-state index in [4.69, 9.17) is 9.47 Å². The minimum atomic E-state index is -0.355. The smallest absolute Gasteiger partial charge is 0.337 e. The predicted octanol–water partition coefficient (Wildman–Crippen LogP) is 4.76. The molecule has 0 bridgehead atoms. The van der Waals surface area contributed by atoms with Crippen LogP contribution in [-0.4, -0.2) is 32.6 Å². The number of hydrogen-bond donors (Lipinski definition) is 1. The van der Waals surface area contributed by atoms with Crippen LogP contribution in [0, 0.1) is 5.92 Å². The van der Waals surface area contributed by atoms with Crippen LogP contribution in [0.5, 0.6) is 5.75 Å². The first-order valence-electron chi connectivity index (χ1n) is 10.7. The zero-order valence-electron chi connectivity index (χ0n) is 17.9. The number of hydrogen-bond acceptors (Lipinski definition) is 4. The zero-order valence-corrected chi connectivity index (χ0v) is 17.9. The molecule has 0 saturated heterocycles. The Bertz CT molecular complexity index is 1120. The van der Waals surface area contributed by atoms with Crippen molar-refractivity contribution in [2.24, 2.45) is 5.92 Å². The Kier molecular flexibility index (Phi) is 6.21. The molecule has 0 aromatic heterocycles. The molecule has 31 heavy (non-hydrogen) atoms. The van der Waals surface area contributed by atoms with Crippen LogP contribution in [0.4, 0.5) is 0 Å². The summed E-state index contributed by atoms with van der Waals surface area (Å²) >= 11 is 0. The van der Waals surface area contributed by atoms with Crippen molar-refractivity contribution in [1.29, 1.82) is 0 Å². The second-order valence-electron chi connectivity index (χ2n) is 7.96. The fourth-order valence-corrected chi connectivity index (χ4v) is 3.99. The van der Waals surface area contributed by atoms with E-state index in [2.05, 4.69) is 17.4 Å². The molecule has 0 atom stereocenters. The topological polar surface area (TPSA) is 64.6 Å². The van der Waals surface area contributed by atoms with E-state index in [-0.39, 0.29) is 17.8 Å². The number of ether oxygens (including phenoxy) is 2. The van der Waals surface area contributed by atoms with Gasteiger partial charge in [-0.05, 0) is 77.1 Å². The summed E-state index contributed by atoms with van der Waals surface area (Å²) in [6, 6.07) is 17.7. The van der Waals surface area contributed by atoms with Gasteiger partial charge in [0.25, 0.3) is 0 Å². The first-order valence-corrected chi connectivity index (χ1v) is 10.7. The van der Waals surface area contributed by atoms with Crippen LogP contribution >= 0.6 is 0 Å². The lowest BCUT2D eigenvalue weighted by molar-refractivity contribution is -0.127. The van der Waals surface area contributed by atoms with Gasteiger partial charge >= 0.3 is 5.97 Å². The van der Waals surface area contributed by atoms with E-state index in [1.807, 2.05) is 36.4 Å². The Morgan fingerprint density at radius 3 is 2.55 bits per heavy atom. The summed E-state index contributed by atoms with van der Waals surface area (Å²) in [5, 5.41) is 5.27. The maximum absolute atomic E-state index is 12.2. The largest absolute Gasteiger partial charge is 0.497 e. The minimum Gasteiger partial charge on any atom is -0.497 e. The summed E-state index contributed by atoms with van der Waals surface area (Å²) in [6.45, 7) is 0.591. The zero-order chi connectivity index (χ0) is 21.8. The highest BCUT2D eigenvalue weighted by atomic mass is 16.5. The van der Waals surface area contributed by atoms with Crippen molar-refractivity contribution in [3.63, 3.8) is 0 Å². The molecule has 0 spiro atoms. The van der Waals surface area contributed by atoms with Gasteiger partial charge in [-0.2, -0.15) is 0 Å². The number of carbonyl (C=O) groups excluding carboxylic acids is 2. The Morgan fingerprint density at radius 1 is 1.00 bits per heavy atom. The molecule has 160 valence electrons. The van der Waals surface area contributed by atoms with E-state index < -0.39 is 0 Å². The molecule has 5 nitrogen and oxygen atoms in total. The summed E-state index contributed by atoms with van der Waals surface area (Å²) in [6.07, 6.45) is 3.86. The number of nitrogens with one attached hydrogen (secondary N) is 1. The van der Waals surface area contributed by atoms with Gasteiger partial charge < -0.3 is 14.8 Å². The van der Waals surface area contributed by atoms with Crippen molar-refractivity contribution < 1.29 is 19.1 Å². The molecule has 1 aliphatic carbocycles. The van der Waals surface area contributed by atoms with Crippen molar-refractivity contribution >= 4 is 22.6 Å². The fourth-order valence-electron chi connectivity index (χ4n) is 3.99. The highest BCUT2D eigenvalue weighted by molar-refractivity contribution is 5.94. The van der Waals surface area contributed by atoms with Gasteiger partial charge in [-0.15, -0.1) is 0 Å². The molecular weight excluding hydrogens is 390 g/mol. The number of carbonyl (C=O) groups is 2. The third-order valence-corrected chi connectivity index (χ3v) is 6.03. The standard InChI is InChI=1S/C26H27NO4/c1-30-23-10-9-19-14-22(18-7-4-8-21(13-18)26(29)31-2)15-20(24(19)16-23)11-12-27-25(28)17-5-3-6-17/h4,7-10,13-17H,3,5-6,11-12H2,1-2H3,(H,27,28). The van der Waals surface area contributed by atoms with Crippen molar-refractivity contribution in [2.75, 3.05) is 20.8 Å². The molecule has 0 unspecified atom stereocenters. The number of rotatable bonds is 7. The summed E-state index contributed by atoms with van der Waals surface area (Å²) in [5.74, 6) is 0.790. The number of benzene rings is 3. The number of amides is 1. The average molecular weight is 418 g/mol. The van der Waals surface area contributed by atoms with Gasteiger partial charge in [-0.25, -0.2) is 4.79 Å². The van der Waals surface area contributed by atoms with Crippen molar-refractivity contribution in [2.45, 2.75) is 25.7 Å². The van der Waals surface area contributed by atoms with E-state index in [9.17, 15) is 9.59 Å². The molecule has 4 rings (SSSR count). The predicted molar refractivity (Wildman–Crippen MR) is 121 cm³/mol. The van der Waals surface area contributed by atoms with Crippen LogP contribution in [0.2, 0.25) is 0 Å². The fraction of sp³-hybridized carbons (Fsp3) is 0.308. The van der Waals surface area contributed by atoms with Crippen LogP contribution in [0.25, 0.3) is 21.9 Å². The van der Waals surface area contributed by atoms with E-state index in [1.165, 1.54) is 7.11 Å². The number of fused-ring (bicyclic) bond motifs is 1. The van der Waals surface area contributed by atoms with Gasteiger partial charge in [0.2, 0.25) is 5.91 Å². The van der Waals surface area contributed by atoms with Crippen LogP contribution in [0.3, 0.4) is 0 Å². The van der Waals surface area contributed by atoms with Gasteiger partial charge in [0.1, 0.15) is 5.75 Å². The van der Waals surface area contributed by atoms with Gasteiger partial charge in [-0.3, -0.25) is 4.79 Å². The molecule has 0 radical (unpaired) electrons. The monoisotopic (exact) mass is 417 g/mol. The maximum atomic E-state index is 12.2. The number of methoxy groups -OCH3 is 2. The van der Waals surface area contributed by atoms with Crippen molar-refractivity contribution in [1.82, 2.24) is 5.32 Å². The van der Waals surface area contributed by atoms with Gasteiger partial charge in [0.05, 0.1) is 19.8 Å². The van der Waals surface area contributed by atoms with Gasteiger partial charge in [0, 0.05) is 12.5 Å². The Balaban J connectivity index is 1.67. The van der Waals surface area contributed by atoms with Crippen LogP contribution < -0.4 is 10.1 Å². The molecule has 1 fully saturated rings. The van der Waals surface area contributed by atoms with E-state index in [0.717, 1.165) is 52.5 Å². The molecule has 0 heterocycles. The first-order chi connectivity index (χ1) is 15.1. The molecule has 3 aromatic rings. The molecule has 1 N–H and O–H groups in total. The second-order valence-corrected chi connectivity index (χ2v) is 7.96. The van der Waals surface area contributed by atoms with E-state index >= 15 is 0 Å². The minimum absolute atomic E-state index is 0.162. The summed E-state index contributed by atoms with van der Waals surface area (Å²) in [7, 11) is 3.04. The third kappa shape index (κ3) is 4.55. The lowest BCUT2D eigenvalue weighted by Crippen LogP contribution is -2.35. The summed E-state index contributed by atoms with van der Waals surface area (Å²) < 4.78 is 10.3. The molecule has 1 saturated carbocycles. The Morgan fingerprint density at radius 2 is 1.84 bits per heavy atom. The number of esters is 1. The first kappa shape index (κ1) is 20.9. The molecule has 5 heteroatoms. The average Bonchev–Trinajstić information content (AvgIpc) is 2.76. The molecule has 3 aromatic carbocycles. The van der Waals surface area contributed by atoms with E-state index in [0.29, 0.717) is 18.5 Å². The van der Waals surface area contributed by atoms with Crippen molar-refractivity contribution in [3.8, 4) is 16.9 Å². The molecule has 0 aliphatic heterocycles.